The molecular weight excluding hydrogens is 230 g/mol. The summed E-state index contributed by atoms with van der Waals surface area (Å²) in [5, 5.41) is 0. The van der Waals surface area contributed by atoms with Gasteiger partial charge in [0.25, 0.3) is 0 Å². The molecule has 0 bridgehead atoms. The molecule has 0 saturated heterocycles. The summed E-state index contributed by atoms with van der Waals surface area (Å²) in [7, 11) is 3.26. The maximum atomic E-state index is 10.7. The van der Waals surface area contributed by atoms with Crippen LogP contribution in [0.3, 0.4) is 0 Å². The van der Waals surface area contributed by atoms with E-state index >= 15 is 0 Å². The van der Waals surface area contributed by atoms with Crippen LogP contribution in [0.4, 0.5) is 0 Å². The fourth-order valence-electron chi connectivity index (χ4n) is 2.65. The van der Waals surface area contributed by atoms with E-state index in [9.17, 15) is 4.79 Å². The van der Waals surface area contributed by atoms with Gasteiger partial charge in [0.2, 0.25) is 6.08 Å². The van der Waals surface area contributed by atoms with Gasteiger partial charge in [-0.15, -0.1) is 0 Å². The number of ether oxygens (including phenoxy) is 2. The summed E-state index contributed by atoms with van der Waals surface area (Å²) in [6.07, 6.45) is 4.47. The van der Waals surface area contributed by atoms with Gasteiger partial charge < -0.3 is 9.47 Å². The maximum absolute atomic E-state index is 10.7. The van der Waals surface area contributed by atoms with Crippen molar-refractivity contribution in [3.8, 4) is 11.5 Å². The van der Waals surface area contributed by atoms with Crippen molar-refractivity contribution < 1.29 is 14.3 Å². The number of aliphatic imine (C=N–C) groups is 1. The Morgan fingerprint density at radius 3 is 2.28 bits per heavy atom. The van der Waals surface area contributed by atoms with Gasteiger partial charge in [-0.25, -0.2) is 4.79 Å². The molecule has 1 aliphatic carbocycles. The predicted octanol–water partition coefficient (Wildman–Crippen LogP) is 2.73. The molecule has 0 heterocycles. The van der Waals surface area contributed by atoms with Gasteiger partial charge in [-0.1, -0.05) is 0 Å². The van der Waals surface area contributed by atoms with E-state index in [1.54, 1.807) is 20.3 Å². The number of nitrogens with zero attached hydrogens (tertiary/aromatic N) is 1. The van der Waals surface area contributed by atoms with Crippen molar-refractivity contribution in [2.45, 2.75) is 31.7 Å². The van der Waals surface area contributed by atoms with Crippen LogP contribution >= 0.6 is 0 Å². The summed E-state index contributed by atoms with van der Waals surface area (Å²) in [6, 6.07) is 3.73. The summed E-state index contributed by atoms with van der Waals surface area (Å²) in [4.78, 5) is 14.7. The normalized spacial score (nSPS) is 16.4. The number of methoxy groups -OCH3 is 2. The first kappa shape index (κ1) is 12.7. The lowest BCUT2D eigenvalue weighted by molar-refractivity contribution is 0.243. The molecular formula is C14H17NO3. The second kappa shape index (κ2) is 4.83. The molecule has 4 heteroatoms. The lowest BCUT2D eigenvalue weighted by atomic mass is 9.70. The molecule has 0 atom stereocenters. The fourth-order valence-corrected chi connectivity index (χ4v) is 2.65. The molecule has 96 valence electrons. The highest BCUT2D eigenvalue weighted by Crippen LogP contribution is 2.50. The second-order valence-corrected chi connectivity index (χ2v) is 4.56. The van der Waals surface area contributed by atoms with Crippen LogP contribution in [0, 0.1) is 6.92 Å². The van der Waals surface area contributed by atoms with Crippen molar-refractivity contribution in [3.05, 3.63) is 23.3 Å². The van der Waals surface area contributed by atoms with Crippen LogP contribution in [-0.2, 0) is 10.3 Å². The van der Waals surface area contributed by atoms with Crippen molar-refractivity contribution >= 4 is 6.08 Å². The summed E-state index contributed by atoms with van der Waals surface area (Å²) in [5.41, 5.74) is 1.47. The number of rotatable bonds is 4. The topological polar surface area (TPSA) is 47.9 Å². The molecule has 0 radical (unpaired) electrons. The van der Waals surface area contributed by atoms with Crippen molar-refractivity contribution in [1.29, 1.82) is 0 Å². The maximum Gasteiger partial charge on any atom is 0.235 e. The molecule has 0 N–H and O–H groups in total. The molecule has 4 nitrogen and oxygen atoms in total. The van der Waals surface area contributed by atoms with Crippen LogP contribution in [0.15, 0.2) is 17.1 Å². The van der Waals surface area contributed by atoms with E-state index in [1.807, 2.05) is 19.1 Å². The number of hydrogen-bond acceptors (Lipinski definition) is 4. The van der Waals surface area contributed by atoms with Crippen LogP contribution in [0.25, 0.3) is 0 Å². The predicted molar refractivity (Wildman–Crippen MR) is 67.9 cm³/mol. The van der Waals surface area contributed by atoms with Crippen LogP contribution in [0.5, 0.6) is 11.5 Å². The Balaban J connectivity index is 2.63. The molecule has 0 aromatic heterocycles. The van der Waals surface area contributed by atoms with E-state index in [2.05, 4.69) is 4.99 Å². The first-order chi connectivity index (χ1) is 8.68. The van der Waals surface area contributed by atoms with E-state index in [1.165, 1.54) is 0 Å². The van der Waals surface area contributed by atoms with Crippen LogP contribution < -0.4 is 9.47 Å². The average Bonchev–Trinajstić information content (AvgIpc) is 2.34. The van der Waals surface area contributed by atoms with Gasteiger partial charge in [-0.05, 0) is 38.3 Å². The average molecular weight is 247 g/mol. The monoisotopic (exact) mass is 247 g/mol. The number of isocyanates is 1. The first-order valence-corrected chi connectivity index (χ1v) is 5.99. The zero-order valence-corrected chi connectivity index (χ0v) is 10.9. The summed E-state index contributed by atoms with van der Waals surface area (Å²) >= 11 is 0. The van der Waals surface area contributed by atoms with Gasteiger partial charge in [0.05, 0.1) is 14.2 Å². The third-order valence-electron chi connectivity index (χ3n) is 3.72. The van der Waals surface area contributed by atoms with Gasteiger partial charge in [0.1, 0.15) is 17.0 Å². The summed E-state index contributed by atoms with van der Waals surface area (Å²) < 4.78 is 10.7. The van der Waals surface area contributed by atoms with Gasteiger partial charge in [0, 0.05) is 11.1 Å². The van der Waals surface area contributed by atoms with E-state index in [-0.39, 0.29) is 0 Å². The van der Waals surface area contributed by atoms with Crippen LogP contribution in [0.1, 0.15) is 30.4 Å². The molecule has 18 heavy (non-hydrogen) atoms. The molecule has 1 fully saturated rings. The highest BCUT2D eigenvalue weighted by molar-refractivity contribution is 5.54. The van der Waals surface area contributed by atoms with Gasteiger partial charge >= 0.3 is 0 Å². The van der Waals surface area contributed by atoms with E-state index < -0.39 is 5.54 Å². The Labute approximate surface area is 107 Å². The summed E-state index contributed by atoms with van der Waals surface area (Å²) in [5.74, 6) is 1.55. The Morgan fingerprint density at radius 1 is 1.22 bits per heavy atom. The van der Waals surface area contributed by atoms with Crippen molar-refractivity contribution in [2.24, 2.45) is 4.99 Å². The molecule has 1 aromatic carbocycles. The molecule has 1 aromatic rings. The van der Waals surface area contributed by atoms with E-state index in [0.29, 0.717) is 0 Å². The first-order valence-electron chi connectivity index (χ1n) is 5.99. The van der Waals surface area contributed by atoms with E-state index in [0.717, 1.165) is 41.9 Å². The molecule has 1 saturated carbocycles. The molecule has 0 unspecified atom stereocenters. The van der Waals surface area contributed by atoms with Crippen LogP contribution in [0.2, 0.25) is 0 Å². The Kier molecular flexibility index (Phi) is 3.39. The highest BCUT2D eigenvalue weighted by atomic mass is 16.5. The van der Waals surface area contributed by atoms with Crippen molar-refractivity contribution in [3.63, 3.8) is 0 Å². The van der Waals surface area contributed by atoms with Gasteiger partial charge in [-0.3, -0.25) is 0 Å². The molecule has 1 aliphatic rings. The SMILES string of the molecule is COc1ccc(OC)c(C2(N=C=O)CCC2)c1C. The highest BCUT2D eigenvalue weighted by Gasteiger charge is 2.42. The minimum absolute atomic E-state index is 0.467. The molecule has 2 rings (SSSR count). The van der Waals surface area contributed by atoms with Gasteiger partial charge in [-0.2, -0.15) is 4.99 Å². The third-order valence-corrected chi connectivity index (χ3v) is 3.72. The summed E-state index contributed by atoms with van der Waals surface area (Å²) in [6.45, 7) is 1.97. The standard InChI is InChI=1S/C14H17NO3/c1-10-11(17-2)5-6-12(18-3)13(10)14(15-9-16)7-4-8-14/h5-6H,4,7-8H2,1-3H3. The Hall–Kier alpha value is -1.80. The molecule has 0 amide bonds. The Bertz CT molecular complexity index is 500. The fraction of sp³-hybridized carbons (Fsp3) is 0.500. The lowest BCUT2D eigenvalue weighted by Gasteiger charge is -2.39. The largest absolute Gasteiger partial charge is 0.496 e. The number of benzene rings is 1. The number of carbonyl (C=O) groups excluding carboxylic acids is 1. The Morgan fingerprint density at radius 2 is 1.83 bits per heavy atom. The molecule has 0 spiro atoms. The van der Waals surface area contributed by atoms with Crippen LogP contribution in [-0.4, -0.2) is 20.3 Å². The zero-order chi connectivity index (χ0) is 13.2. The van der Waals surface area contributed by atoms with Crippen molar-refractivity contribution in [1.82, 2.24) is 0 Å². The quantitative estimate of drug-likeness (QED) is 0.607. The number of hydrogen-bond donors (Lipinski definition) is 0. The van der Waals surface area contributed by atoms with E-state index in [4.69, 9.17) is 9.47 Å². The minimum atomic E-state index is -0.467. The molecule has 0 aliphatic heterocycles. The zero-order valence-electron chi connectivity index (χ0n) is 10.9. The smallest absolute Gasteiger partial charge is 0.235 e. The minimum Gasteiger partial charge on any atom is -0.496 e. The third kappa shape index (κ3) is 1.79. The second-order valence-electron chi connectivity index (χ2n) is 4.56. The van der Waals surface area contributed by atoms with Gasteiger partial charge in [0.15, 0.2) is 0 Å². The van der Waals surface area contributed by atoms with Crippen molar-refractivity contribution in [2.75, 3.05) is 14.2 Å². The lowest BCUT2D eigenvalue weighted by Crippen LogP contribution is -2.33.